The van der Waals surface area contributed by atoms with E-state index in [2.05, 4.69) is 36.1 Å². The van der Waals surface area contributed by atoms with E-state index in [1.165, 1.54) is 7.11 Å². The third kappa shape index (κ3) is 4.85. The summed E-state index contributed by atoms with van der Waals surface area (Å²) in [6.07, 6.45) is 0.720. The van der Waals surface area contributed by atoms with Crippen molar-refractivity contribution in [2.24, 2.45) is 0 Å². The van der Waals surface area contributed by atoms with Crippen LogP contribution in [0.2, 0.25) is 0 Å². The van der Waals surface area contributed by atoms with E-state index in [0.29, 0.717) is 12.1 Å². The van der Waals surface area contributed by atoms with Crippen LogP contribution in [0.15, 0.2) is 89.7 Å². The highest BCUT2D eigenvalue weighted by Gasteiger charge is 2.29. The van der Waals surface area contributed by atoms with E-state index in [0.717, 1.165) is 46.7 Å². The molecule has 0 fully saturated rings. The molecule has 4 aromatic rings. The number of esters is 1. The Labute approximate surface area is 217 Å². The highest BCUT2D eigenvalue weighted by molar-refractivity contribution is 5.89. The third-order valence-corrected chi connectivity index (χ3v) is 7.32. The van der Waals surface area contributed by atoms with E-state index >= 15 is 0 Å². The van der Waals surface area contributed by atoms with Gasteiger partial charge in [0.25, 0.3) is 5.56 Å². The molecule has 1 aliphatic rings. The maximum Gasteiger partial charge on any atom is 0.337 e. The summed E-state index contributed by atoms with van der Waals surface area (Å²) in [7, 11) is 1.38. The van der Waals surface area contributed by atoms with Crippen molar-refractivity contribution in [3.63, 3.8) is 0 Å². The monoisotopic (exact) mass is 493 g/mol. The summed E-state index contributed by atoms with van der Waals surface area (Å²) in [5.74, 6) is 0.376. The van der Waals surface area contributed by atoms with E-state index in [-0.39, 0.29) is 23.6 Å². The van der Waals surface area contributed by atoms with Crippen LogP contribution in [0.5, 0.6) is 0 Å². The smallest absolute Gasteiger partial charge is 0.337 e. The van der Waals surface area contributed by atoms with Gasteiger partial charge in [-0.2, -0.15) is 0 Å². The number of aryl methyl sites for hydroxylation is 1. The third-order valence-electron chi connectivity index (χ3n) is 7.32. The van der Waals surface area contributed by atoms with Gasteiger partial charge < -0.3 is 4.74 Å². The number of aromatic nitrogens is 2. The van der Waals surface area contributed by atoms with Crippen LogP contribution in [0.25, 0.3) is 0 Å². The van der Waals surface area contributed by atoms with Crippen molar-refractivity contribution in [1.29, 1.82) is 0 Å². The molecule has 0 saturated heterocycles. The summed E-state index contributed by atoms with van der Waals surface area (Å²) in [6.45, 7) is 5.40. The molecular weight excluding hydrogens is 462 g/mol. The molecule has 0 N–H and O–H groups in total. The SMILES string of the molecule is COC(=O)c1ccc(C(C)N2CCc3nc(C)n(C(c4ccccc4)c4ccccc4)c(=O)c3C2)cc1. The summed E-state index contributed by atoms with van der Waals surface area (Å²) < 4.78 is 6.67. The second-order valence-corrected chi connectivity index (χ2v) is 9.49. The van der Waals surface area contributed by atoms with Gasteiger partial charge in [-0.3, -0.25) is 14.3 Å². The van der Waals surface area contributed by atoms with Crippen molar-refractivity contribution in [2.75, 3.05) is 13.7 Å². The maximum atomic E-state index is 14.1. The standard InChI is InChI=1S/C31H31N3O3/c1-21(23-14-16-26(17-15-23)31(36)37-3)33-19-18-28-27(20-33)30(35)34(22(2)32-28)29(24-10-6-4-7-11-24)25-12-8-5-9-13-25/h4-17,21,29H,18-20H2,1-3H3. The molecule has 0 amide bonds. The minimum Gasteiger partial charge on any atom is -0.465 e. The van der Waals surface area contributed by atoms with Crippen LogP contribution < -0.4 is 5.56 Å². The number of rotatable bonds is 6. The fraction of sp³-hybridized carbons (Fsp3) is 0.258. The second kappa shape index (κ2) is 10.5. The molecule has 0 radical (unpaired) electrons. The van der Waals surface area contributed by atoms with E-state index in [1.807, 2.05) is 60.0 Å². The van der Waals surface area contributed by atoms with E-state index < -0.39 is 0 Å². The summed E-state index contributed by atoms with van der Waals surface area (Å²) in [6, 6.07) is 27.6. The molecule has 0 spiro atoms. The van der Waals surface area contributed by atoms with Crippen molar-refractivity contribution in [2.45, 2.75) is 38.9 Å². The van der Waals surface area contributed by atoms with Gasteiger partial charge in [0.1, 0.15) is 5.82 Å². The number of carbonyl (C=O) groups is 1. The van der Waals surface area contributed by atoms with E-state index in [9.17, 15) is 9.59 Å². The van der Waals surface area contributed by atoms with Crippen LogP contribution in [0, 0.1) is 6.92 Å². The summed E-state index contributed by atoms with van der Waals surface area (Å²) in [5, 5.41) is 0. The molecule has 37 heavy (non-hydrogen) atoms. The number of ether oxygens (including phenoxy) is 1. The van der Waals surface area contributed by atoms with E-state index in [4.69, 9.17) is 9.72 Å². The Balaban J connectivity index is 1.51. The first kappa shape index (κ1) is 24.7. The van der Waals surface area contributed by atoms with Crippen LogP contribution >= 0.6 is 0 Å². The Morgan fingerprint density at radius 1 is 0.892 bits per heavy atom. The van der Waals surface area contributed by atoms with Gasteiger partial charge in [0.15, 0.2) is 0 Å². The number of nitrogens with zero attached hydrogens (tertiary/aromatic N) is 3. The van der Waals surface area contributed by atoms with Crippen molar-refractivity contribution in [1.82, 2.24) is 14.5 Å². The average molecular weight is 494 g/mol. The molecular formula is C31H31N3O3. The van der Waals surface area contributed by atoms with Gasteiger partial charge >= 0.3 is 5.97 Å². The average Bonchev–Trinajstić information content (AvgIpc) is 2.95. The number of carbonyl (C=O) groups excluding carboxylic acids is 1. The molecule has 188 valence electrons. The van der Waals surface area contributed by atoms with Gasteiger partial charge in [0.2, 0.25) is 0 Å². The lowest BCUT2D eigenvalue weighted by Crippen LogP contribution is -2.41. The first-order valence-corrected chi connectivity index (χ1v) is 12.6. The fourth-order valence-corrected chi connectivity index (χ4v) is 5.25. The molecule has 0 aliphatic carbocycles. The first-order chi connectivity index (χ1) is 18.0. The van der Waals surface area contributed by atoms with Gasteiger partial charge in [0.05, 0.1) is 30.0 Å². The largest absolute Gasteiger partial charge is 0.465 e. The predicted molar refractivity (Wildman–Crippen MR) is 144 cm³/mol. The molecule has 0 saturated carbocycles. The maximum absolute atomic E-state index is 14.1. The van der Waals surface area contributed by atoms with Crippen molar-refractivity contribution < 1.29 is 9.53 Å². The van der Waals surface area contributed by atoms with Gasteiger partial charge in [0, 0.05) is 25.6 Å². The van der Waals surface area contributed by atoms with Crippen molar-refractivity contribution in [3.8, 4) is 0 Å². The molecule has 1 aliphatic heterocycles. The summed E-state index contributed by atoms with van der Waals surface area (Å²) in [4.78, 5) is 33.2. The number of hydrogen-bond acceptors (Lipinski definition) is 5. The molecule has 5 rings (SSSR count). The van der Waals surface area contributed by atoms with Crippen LogP contribution in [-0.4, -0.2) is 34.1 Å². The van der Waals surface area contributed by atoms with Crippen molar-refractivity contribution in [3.05, 3.63) is 135 Å². The summed E-state index contributed by atoms with van der Waals surface area (Å²) in [5.41, 5.74) is 5.37. The molecule has 6 heteroatoms. The zero-order chi connectivity index (χ0) is 25.9. The molecule has 6 nitrogen and oxygen atoms in total. The zero-order valence-corrected chi connectivity index (χ0v) is 21.4. The topological polar surface area (TPSA) is 64.4 Å². The van der Waals surface area contributed by atoms with Crippen LogP contribution in [0.4, 0.5) is 0 Å². The lowest BCUT2D eigenvalue weighted by Gasteiger charge is -2.34. The van der Waals surface area contributed by atoms with Gasteiger partial charge in [-0.25, -0.2) is 9.78 Å². The first-order valence-electron chi connectivity index (χ1n) is 12.6. The zero-order valence-electron chi connectivity index (χ0n) is 21.4. The Morgan fingerprint density at radius 3 is 2.05 bits per heavy atom. The normalized spacial score (nSPS) is 14.3. The Kier molecular flexibility index (Phi) is 7.01. The Hall–Kier alpha value is -4.03. The highest BCUT2D eigenvalue weighted by atomic mass is 16.5. The van der Waals surface area contributed by atoms with Gasteiger partial charge in [-0.15, -0.1) is 0 Å². The summed E-state index contributed by atoms with van der Waals surface area (Å²) >= 11 is 0. The second-order valence-electron chi connectivity index (χ2n) is 9.49. The lowest BCUT2D eigenvalue weighted by atomic mass is 9.97. The van der Waals surface area contributed by atoms with Gasteiger partial charge in [-0.05, 0) is 42.7 Å². The number of methoxy groups -OCH3 is 1. The quantitative estimate of drug-likeness (QED) is 0.350. The minimum atomic E-state index is -0.348. The van der Waals surface area contributed by atoms with Gasteiger partial charge in [-0.1, -0.05) is 72.8 Å². The molecule has 1 atom stereocenters. The van der Waals surface area contributed by atoms with Crippen LogP contribution in [-0.2, 0) is 17.7 Å². The lowest BCUT2D eigenvalue weighted by molar-refractivity contribution is 0.0600. The molecule has 3 aromatic carbocycles. The van der Waals surface area contributed by atoms with E-state index in [1.54, 1.807) is 12.1 Å². The molecule has 1 aromatic heterocycles. The number of fused-ring (bicyclic) bond motifs is 1. The minimum absolute atomic E-state index is 0.0122. The van der Waals surface area contributed by atoms with Crippen LogP contribution in [0.3, 0.4) is 0 Å². The number of hydrogen-bond donors (Lipinski definition) is 0. The van der Waals surface area contributed by atoms with Crippen molar-refractivity contribution >= 4 is 5.97 Å². The van der Waals surface area contributed by atoms with Crippen LogP contribution in [0.1, 0.15) is 63.1 Å². The molecule has 0 bridgehead atoms. The molecule has 2 heterocycles. The highest BCUT2D eigenvalue weighted by Crippen LogP contribution is 2.29. The fourth-order valence-electron chi connectivity index (χ4n) is 5.25. The Morgan fingerprint density at radius 2 is 1.49 bits per heavy atom. The number of benzene rings is 3. The molecule has 1 unspecified atom stereocenters. The Bertz CT molecular complexity index is 1410. The predicted octanol–water partition coefficient (Wildman–Crippen LogP) is 5.10.